The normalized spacial score (nSPS) is 20.8. The monoisotopic (exact) mass is 239 g/mol. The summed E-state index contributed by atoms with van der Waals surface area (Å²) in [5, 5.41) is 11.1. The lowest BCUT2D eigenvalue weighted by Gasteiger charge is -2.16. The molecule has 1 aliphatic rings. The number of amides is 1. The molecule has 2 rings (SSSR count). The predicted molar refractivity (Wildman–Crippen MR) is 64.3 cm³/mol. The van der Waals surface area contributed by atoms with E-state index in [0.29, 0.717) is 13.0 Å². The summed E-state index contributed by atoms with van der Waals surface area (Å²) in [5.74, 6) is 0.312. The van der Waals surface area contributed by atoms with Crippen LogP contribution in [-0.4, -0.2) is 29.1 Å². The molecule has 0 aliphatic carbocycles. The first-order valence-electron chi connectivity index (χ1n) is 5.68. The van der Waals surface area contributed by atoms with Gasteiger partial charge in [0, 0.05) is 30.4 Å². The van der Waals surface area contributed by atoms with E-state index in [4.69, 9.17) is 5.11 Å². The van der Waals surface area contributed by atoms with Crippen LogP contribution in [0, 0.1) is 5.92 Å². The first-order chi connectivity index (χ1) is 7.74. The molecule has 1 saturated heterocycles. The van der Waals surface area contributed by atoms with Crippen molar-refractivity contribution < 1.29 is 9.90 Å². The molecule has 2 heterocycles. The second-order valence-electron chi connectivity index (χ2n) is 4.25. The fourth-order valence-electron chi connectivity index (χ4n) is 2.12. The molecule has 3 nitrogen and oxygen atoms in total. The van der Waals surface area contributed by atoms with Crippen molar-refractivity contribution >= 4 is 17.2 Å². The van der Waals surface area contributed by atoms with Crippen molar-refractivity contribution in [3.63, 3.8) is 0 Å². The number of aliphatic hydroxyl groups is 1. The number of aryl methyl sites for hydroxylation is 1. The van der Waals surface area contributed by atoms with Gasteiger partial charge in [-0.3, -0.25) is 4.79 Å². The van der Waals surface area contributed by atoms with Crippen LogP contribution in [0.1, 0.15) is 23.8 Å². The van der Waals surface area contributed by atoms with Gasteiger partial charge in [-0.1, -0.05) is 6.92 Å². The zero-order valence-electron chi connectivity index (χ0n) is 9.48. The number of aliphatic hydroxyl groups excluding tert-OH is 1. The minimum absolute atomic E-state index is 0.118. The fourth-order valence-corrected chi connectivity index (χ4v) is 3.11. The van der Waals surface area contributed by atoms with Crippen molar-refractivity contribution in [3.05, 3.63) is 21.9 Å². The standard InChI is InChI=1S/C12H17NO2S/c1-2-10-3-4-16-11(10)7-13-6-9(8-14)5-12(13)15/h3-4,9,14H,2,5-8H2,1H3. The van der Waals surface area contributed by atoms with E-state index in [9.17, 15) is 4.79 Å². The number of rotatable bonds is 4. The third-order valence-corrected chi connectivity index (χ3v) is 4.05. The lowest BCUT2D eigenvalue weighted by molar-refractivity contribution is -0.128. The molecule has 1 aromatic heterocycles. The highest BCUT2D eigenvalue weighted by Gasteiger charge is 2.29. The number of hydrogen-bond donors (Lipinski definition) is 1. The number of nitrogens with zero attached hydrogens (tertiary/aromatic N) is 1. The molecular formula is C12H17NO2S. The highest BCUT2D eigenvalue weighted by atomic mass is 32.1. The fraction of sp³-hybridized carbons (Fsp3) is 0.583. The topological polar surface area (TPSA) is 40.5 Å². The molecular weight excluding hydrogens is 222 g/mol. The van der Waals surface area contributed by atoms with E-state index in [1.165, 1.54) is 10.4 Å². The van der Waals surface area contributed by atoms with Gasteiger partial charge >= 0.3 is 0 Å². The number of likely N-dealkylation sites (tertiary alicyclic amines) is 1. The van der Waals surface area contributed by atoms with Gasteiger partial charge in [-0.05, 0) is 23.4 Å². The third-order valence-electron chi connectivity index (χ3n) is 3.11. The zero-order chi connectivity index (χ0) is 11.5. The van der Waals surface area contributed by atoms with Gasteiger partial charge in [0.15, 0.2) is 0 Å². The van der Waals surface area contributed by atoms with Gasteiger partial charge in [-0.15, -0.1) is 11.3 Å². The molecule has 0 spiro atoms. The number of hydrogen-bond acceptors (Lipinski definition) is 3. The molecule has 16 heavy (non-hydrogen) atoms. The first-order valence-corrected chi connectivity index (χ1v) is 6.56. The van der Waals surface area contributed by atoms with Gasteiger partial charge in [-0.25, -0.2) is 0 Å². The smallest absolute Gasteiger partial charge is 0.223 e. The summed E-state index contributed by atoms with van der Waals surface area (Å²) in [6, 6.07) is 2.13. The maximum atomic E-state index is 11.7. The summed E-state index contributed by atoms with van der Waals surface area (Å²) in [6.45, 7) is 3.67. The molecule has 1 unspecified atom stereocenters. The lowest BCUT2D eigenvalue weighted by Crippen LogP contribution is -2.24. The number of carbonyl (C=O) groups is 1. The van der Waals surface area contributed by atoms with Crippen molar-refractivity contribution in [2.24, 2.45) is 5.92 Å². The molecule has 1 N–H and O–H groups in total. The minimum Gasteiger partial charge on any atom is -0.396 e. The van der Waals surface area contributed by atoms with Crippen molar-refractivity contribution in [1.82, 2.24) is 4.90 Å². The summed E-state index contributed by atoms with van der Waals surface area (Å²) in [4.78, 5) is 14.8. The minimum atomic E-state index is 0.118. The van der Waals surface area contributed by atoms with Gasteiger partial charge in [0.25, 0.3) is 0 Å². The summed E-state index contributed by atoms with van der Waals surface area (Å²) in [7, 11) is 0. The summed E-state index contributed by atoms with van der Waals surface area (Å²) in [6.07, 6.45) is 1.52. The van der Waals surface area contributed by atoms with Crippen molar-refractivity contribution in [1.29, 1.82) is 0 Å². The number of carbonyl (C=O) groups excluding carboxylic acids is 1. The summed E-state index contributed by atoms with van der Waals surface area (Å²) in [5.41, 5.74) is 1.34. The van der Waals surface area contributed by atoms with Crippen LogP contribution in [0.5, 0.6) is 0 Å². The summed E-state index contributed by atoms with van der Waals surface area (Å²) >= 11 is 1.72. The van der Waals surface area contributed by atoms with Crippen LogP contribution in [0.4, 0.5) is 0 Å². The average molecular weight is 239 g/mol. The Hall–Kier alpha value is -0.870. The van der Waals surface area contributed by atoms with E-state index in [2.05, 4.69) is 18.4 Å². The van der Waals surface area contributed by atoms with E-state index in [0.717, 1.165) is 13.0 Å². The SMILES string of the molecule is CCc1ccsc1CN1CC(CO)CC1=O. The largest absolute Gasteiger partial charge is 0.396 e. The highest BCUT2D eigenvalue weighted by molar-refractivity contribution is 7.10. The van der Waals surface area contributed by atoms with E-state index >= 15 is 0 Å². The Labute approximate surface area is 99.7 Å². The molecule has 1 atom stereocenters. The molecule has 0 aromatic carbocycles. The molecule has 4 heteroatoms. The molecule has 0 radical (unpaired) electrons. The van der Waals surface area contributed by atoms with E-state index in [1.54, 1.807) is 11.3 Å². The van der Waals surface area contributed by atoms with Crippen molar-refractivity contribution in [2.75, 3.05) is 13.2 Å². The highest BCUT2D eigenvalue weighted by Crippen LogP contribution is 2.24. The maximum absolute atomic E-state index is 11.7. The Morgan fingerprint density at radius 1 is 1.62 bits per heavy atom. The van der Waals surface area contributed by atoms with E-state index < -0.39 is 0 Å². The Bertz CT molecular complexity index is 375. The van der Waals surface area contributed by atoms with Crippen molar-refractivity contribution in [3.8, 4) is 0 Å². The second-order valence-corrected chi connectivity index (χ2v) is 5.25. The van der Waals surface area contributed by atoms with Gasteiger partial charge in [0.05, 0.1) is 6.54 Å². The quantitative estimate of drug-likeness (QED) is 0.868. The third kappa shape index (κ3) is 2.28. The van der Waals surface area contributed by atoms with Gasteiger partial charge in [0.1, 0.15) is 0 Å². The molecule has 1 fully saturated rings. The predicted octanol–water partition coefficient (Wildman–Crippen LogP) is 1.65. The van der Waals surface area contributed by atoms with Gasteiger partial charge in [0.2, 0.25) is 5.91 Å². The van der Waals surface area contributed by atoms with E-state index in [-0.39, 0.29) is 18.4 Å². The average Bonchev–Trinajstić information content (AvgIpc) is 2.86. The molecule has 1 aromatic rings. The Balaban J connectivity index is 2.02. The van der Waals surface area contributed by atoms with Crippen molar-refractivity contribution in [2.45, 2.75) is 26.3 Å². The molecule has 1 amide bonds. The Morgan fingerprint density at radius 2 is 2.44 bits per heavy atom. The molecule has 1 aliphatic heterocycles. The van der Waals surface area contributed by atoms with Crippen LogP contribution in [0.2, 0.25) is 0 Å². The summed E-state index contributed by atoms with van der Waals surface area (Å²) < 4.78 is 0. The molecule has 88 valence electrons. The Morgan fingerprint density at radius 3 is 3.06 bits per heavy atom. The van der Waals surface area contributed by atoms with Crippen LogP contribution in [0.3, 0.4) is 0 Å². The Kier molecular flexibility index (Phi) is 3.61. The van der Waals surface area contributed by atoms with E-state index in [1.807, 2.05) is 4.90 Å². The van der Waals surface area contributed by atoms with Gasteiger partial charge in [-0.2, -0.15) is 0 Å². The molecule has 0 saturated carbocycles. The zero-order valence-corrected chi connectivity index (χ0v) is 10.3. The lowest BCUT2D eigenvalue weighted by atomic mass is 10.1. The molecule has 0 bridgehead atoms. The van der Waals surface area contributed by atoms with Crippen LogP contribution in [0.15, 0.2) is 11.4 Å². The van der Waals surface area contributed by atoms with Crippen LogP contribution in [0.25, 0.3) is 0 Å². The van der Waals surface area contributed by atoms with Crippen LogP contribution < -0.4 is 0 Å². The van der Waals surface area contributed by atoms with Crippen LogP contribution in [-0.2, 0) is 17.8 Å². The second kappa shape index (κ2) is 4.97. The van der Waals surface area contributed by atoms with Gasteiger partial charge < -0.3 is 10.0 Å². The maximum Gasteiger partial charge on any atom is 0.223 e. The number of thiophene rings is 1. The first kappa shape index (κ1) is 11.6. The van der Waals surface area contributed by atoms with Crippen LogP contribution >= 0.6 is 11.3 Å².